The van der Waals surface area contributed by atoms with Crippen molar-refractivity contribution in [3.8, 4) is 0 Å². The van der Waals surface area contributed by atoms with Gasteiger partial charge in [-0.05, 0) is 31.8 Å². The Morgan fingerprint density at radius 1 is 1.29 bits per heavy atom. The summed E-state index contributed by atoms with van der Waals surface area (Å²) in [6.45, 7) is 12.2. The Bertz CT molecular complexity index is 444. The number of aryl methyl sites for hydroxylation is 1. The lowest BCUT2D eigenvalue weighted by atomic mass is 10.1. The molecule has 118 valence electrons. The van der Waals surface area contributed by atoms with Gasteiger partial charge in [-0.3, -0.25) is 0 Å². The standard InChI is InChI=1S/C16H29N5/c1-4-7-14-10-15(19-16(17)18-14)21-9-8-13(12-21)11-20(5-2)6-3/h10,13H,4-9,11-12H2,1-3H3,(H2,17,18,19). The molecule has 0 spiro atoms. The van der Waals surface area contributed by atoms with Gasteiger partial charge in [0.1, 0.15) is 5.82 Å². The quantitative estimate of drug-likeness (QED) is 0.834. The topological polar surface area (TPSA) is 58.3 Å². The lowest BCUT2D eigenvalue weighted by Crippen LogP contribution is -2.31. The summed E-state index contributed by atoms with van der Waals surface area (Å²) in [4.78, 5) is 13.6. The van der Waals surface area contributed by atoms with Crippen molar-refractivity contribution in [3.05, 3.63) is 11.8 Å². The molecule has 0 saturated carbocycles. The monoisotopic (exact) mass is 291 g/mol. The van der Waals surface area contributed by atoms with Crippen molar-refractivity contribution in [1.82, 2.24) is 14.9 Å². The van der Waals surface area contributed by atoms with Gasteiger partial charge in [0.15, 0.2) is 0 Å². The first-order valence-corrected chi connectivity index (χ1v) is 8.26. The molecule has 1 fully saturated rings. The van der Waals surface area contributed by atoms with E-state index in [1.807, 2.05) is 0 Å². The highest BCUT2D eigenvalue weighted by Crippen LogP contribution is 2.24. The lowest BCUT2D eigenvalue weighted by Gasteiger charge is -2.23. The lowest BCUT2D eigenvalue weighted by molar-refractivity contribution is 0.261. The summed E-state index contributed by atoms with van der Waals surface area (Å²) in [5, 5.41) is 0. The molecule has 5 heteroatoms. The molecule has 0 amide bonds. The Morgan fingerprint density at radius 3 is 2.71 bits per heavy atom. The van der Waals surface area contributed by atoms with Crippen molar-refractivity contribution < 1.29 is 0 Å². The Kier molecular flexibility index (Phi) is 5.79. The zero-order valence-electron chi connectivity index (χ0n) is 13.7. The molecule has 1 saturated heterocycles. The highest BCUT2D eigenvalue weighted by molar-refractivity contribution is 5.44. The van der Waals surface area contributed by atoms with Crippen LogP contribution >= 0.6 is 0 Å². The van der Waals surface area contributed by atoms with E-state index in [0.717, 1.165) is 56.5 Å². The van der Waals surface area contributed by atoms with E-state index in [0.29, 0.717) is 5.95 Å². The SMILES string of the molecule is CCCc1cc(N2CCC(CN(CC)CC)C2)nc(N)n1. The van der Waals surface area contributed by atoms with E-state index in [-0.39, 0.29) is 0 Å². The number of aromatic nitrogens is 2. The molecule has 2 N–H and O–H groups in total. The second-order valence-corrected chi connectivity index (χ2v) is 5.91. The van der Waals surface area contributed by atoms with Crippen LogP contribution in [0.5, 0.6) is 0 Å². The van der Waals surface area contributed by atoms with Crippen molar-refractivity contribution in [3.63, 3.8) is 0 Å². The third-order valence-electron chi connectivity index (χ3n) is 4.31. The zero-order valence-corrected chi connectivity index (χ0v) is 13.7. The summed E-state index contributed by atoms with van der Waals surface area (Å²) < 4.78 is 0. The maximum Gasteiger partial charge on any atom is 0.222 e. The number of rotatable bonds is 7. The fourth-order valence-electron chi connectivity index (χ4n) is 3.09. The molecule has 1 aliphatic heterocycles. The van der Waals surface area contributed by atoms with Gasteiger partial charge in [0, 0.05) is 31.4 Å². The van der Waals surface area contributed by atoms with Gasteiger partial charge in [0.25, 0.3) is 0 Å². The van der Waals surface area contributed by atoms with Crippen molar-refractivity contribution in [2.45, 2.75) is 40.0 Å². The van der Waals surface area contributed by atoms with Gasteiger partial charge in [-0.15, -0.1) is 0 Å². The first-order chi connectivity index (χ1) is 10.2. The zero-order chi connectivity index (χ0) is 15.2. The van der Waals surface area contributed by atoms with Gasteiger partial charge in [0.05, 0.1) is 0 Å². The molecular weight excluding hydrogens is 262 g/mol. The van der Waals surface area contributed by atoms with Crippen molar-refractivity contribution >= 4 is 11.8 Å². The highest BCUT2D eigenvalue weighted by Gasteiger charge is 2.25. The summed E-state index contributed by atoms with van der Waals surface area (Å²) in [7, 11) is 0. The predicted octanol–water partition coefficient (Wildman–Crippen LogP) is 2.18. The van der Waals surface area contributed by atoms with Crippen LogP contribution in [-0.4, -0.2) is 47.6 Å². The molecule has 5 nitrogen and oxygen atoms in total. The second-order valence-electron chi connectivity index (χ2n) is 5.91. The number of nitrogens with zero attached hydrogens (tertiary/aromatic N) is 4. The van der Waals surface area contributed by atoms with E-state index >= 15 is 0 Å². The second kappa shape index (κ2) is 7.59. The van der Waals surface area contributed by atoms with Gasteiger partial charge in [0.2, 0.25) is 5.95 Å². The molecule has 1 unspecified atom stereocenters. The Hall–Kier alpha value is -1.36. The largest absolute Gasteiger partial charge is 0.368 e. The molecule has 21 heavy (non-hydrogen) atoms. The number of nitrogen functional groups attached to an aromatic ring is 1. The third-order valence-corrected chi connectivity index (χ3v) is 4.31. The van der Waals surface area contributed by atoms with E-state index in [2.05, 4.69) is 46.6 Å². The molecule has 0 aliphatic carbocycles. The molecule has 2 heterocycles. The average Bonchev–Trinajstić information content (AvgIpc) is 2.93. The minimum atomic E-state index is 0.406. The summed E-state index contributed by atoms with van der Waals surface area (Å²) in [6.07, 6.45) is 3.29. The molecule has 0 aromatic carbocycles. The molecule has 0 radical (unpaired) electrons. The van der Waals surface area contributed by atoms with Gasteiger partial charge in [-0.25, -0.2) is 4.98 Å². The average molecular weight is 291 g/mol. The van der Waals surface area contributed by atoms with E-state index in [1.165, 1.54) is 13.0 Å². The summed E-state index contributed by atoms with van der Waals surface area (Å²) in [6, 6.07) is 2.11. The Morgan fingerprint density at radius 2 is 2.05 bits per heavy atom. The molecule has 1 aromatic rings. The van der Waals surface area contributed by atoms with Crippen LogP contribution in [0.3, 0.4) is 0 Å². The minimum Gasteiger partial charge on any atom is -0.368 e. The van der Waals surface area contributed by atoms with Crippen molar-refractivity contribution in [1.29, 1.82) is 0 Å². The third kappa shape index (κ3) is 4.30. The molecule has 1 aromatic heterocycles. The predicted molar refractivity (Wildman–Crippen MR) is 88.5 cm³/mol. The number of nitrogens with two attached hydrogens (primary N) is 1. The fourth-order valence-corrected chi connectivity index (χ4v) is 3.09. The smallest absolute Gasteiger partial charge is 0.222 e. The van der Waals surface area contributed by atoms with E-state index < -0.39 is 0 Å². The maximum absolute atomic E-state index is 5.86. The first-order valence-electron chi connectivity index (χ1n) is 8.26. The van der Waals surface area contributed by atoms with Crippen LogP contribution in [0.25, 0.3) is 0 Å². The van der Waals surface area contributed by atoms with Gasteiger partial charge >= 0.3 is 0 Å². The van der Waals surface area contributed by atoms with Crippen LogP contribution < -0.4 is 10.6 Å². The summed E-state index contributed by atoms with van der Waals surface area (Å²) in [5.41, 5.74) is 6.92. The summed E-state index contributed by atoms with van der Waals surface area (Å²) in [5.74, 6) is 2.15. The minimum absolute atomic E-state index is 0.406. The van der Waals surface area contributed by atoms with Crippen LogP contribution in [-0.2, 0) is 6.42 Å². The van der Waals surface area contributed by atoms with Crippen LogP contribution in [0.1, 0.15) is 39.3 Å². The van der Waals surface area contributed by atoms with E-state index in [9.17, 15) is 0 Å². The fraction of sp³-hybridized carbons (Fsp3) is 0.750. The van der Waals surface area contributed by atoms with Crippen LogP contribution in [0.4, 0.5) is 11.8 Å². The van der Waals surface area contributed by atoms with Gasteiger partial charge in [-0.2, -0.15) is 4.98 Å². The van der Waals surface area contributed by atoms with Crippen molar-refractivity contribution in [2.24, 2.45) is 5.92 Å². The number of hydrogen-bond donors (Lipinski definition) is 1. The summed E-state index contributed by atoms with van der Waals surface area (Å²) >= 11 is 0. The van der Waals surface area contributed by atoms with Gasteiger partial charge in [-0.1, -0.05) is 27.2 Å². The number of anilines is 2. The van der Waals surface area contributed by atoms with E-state index in [4.69, 9.17) is 5.73 Å². The molecule has 1 aliphatic rings. The van der Waals surface area contributed by atoms with Crippen LogP contribution in [0.2, 0.25) is 0 Å². The Balaban J connectivity index is 2.00. The highest BCUT2D eigenvalue weighted by atomic mass is 15.2. The van der Waals surface area contributed by atoms with Crippen LogP contribution in [0.15, 0.2) is 6.07 Å². The first kappa shape index (κ1) is 16.0. The normalized spacial score (nSPS) is 18.7. The van der Waals surface area contributed by atoms with Crippen LogP contribution in [0, 0.1) is 5.92 Å². The van der Waals surface area contributed by atoms with Gasteiger partial charge < -0.3 is 15.5 Å². The van der Waals surface area contributed by atoms with E-state index in [1.54, 1.807) is 0 Å². The maximum atomic E-state index is 5.86. The molecule has 0 bridgehead atoms. The molecule has 2 rings (SSSR count). The molecule has 1 atom stereocenters. The van der Waals surface area contributed by atoms with Crippen molar-refractivity contribution in [2.75, 3.05) is 43.4 Å². The molecular formula is C16H29N5. The number of hydrogen-bond acceptors (Lipinski definition) is 5. The Labute approximate surface area is 128 Å².